The van der Waals surface area contributed by atoms with Crippen LogP contribution in [0.4, 0.5) is 4.79 Å². The predicted octanol–water partition coefficient (Wildman–Crippen LogP) is 0.469. The fourth-order valence-corrected chi connectivity index (χ4v) is 1.64. The van der Waals surface area contributed by atoms with Crippen molar-refractivity contribution in [1.82, 2.24) is 20.0 Å². The van der Waals surface area contributed by atoms with E-state index in [1.165, 1.54) is 4.90 Å². The molecule has 0 unspecified atom stereocenters. The van der Waals surface area contributed by atoms with Gasteiger partial charge < -0.3 is 15.3 Å². The van der Waals surface area contributed by atoms with Crippen molar-refractivity contribution in [1.29, 1.82) is 0 Å². The number of nitrogens with one attached hydrogen (secondary N) is 1. The lowest BCUT2D eigenvalue weighted by atomic mass is 10.3. The average Bonchev–Trinajstić information content (AvgIpc) is 2.75. The minimum absolute atomic E-state index is 0.0402. The molecule has 1 heterocycles. The largest absolute Gasteiger partial charge is 0.481 e. The first-order chi connectivity index (χ1) is 9.02. The van der Waals surface area contributed by atoms with Gasteiger partial charge in [0.05, 0.1) is 12.1 Å². The second-order valence-electron chi connectivity index (χ2n) is 4.19. The molecule has 0 aliphatic rings. The van der Waals surface area contributed by atoms with E-state index >= 15 is 0 Å². The summed E-state index contributed by atoms with van der Waals surface area (Å²) in [6.45, 7) is 3.02. The number of aliphatic carboxylic acids is 1. The normalized spacial score (nSPS) is 10.2. The Hall–Kier alpha value is -2.05. The molecule has 2 amide bonds. The maximum Gasteiger partial charge on any atom is 0.317 e. The summed E-state index contributed by atoms with van der Waals surface area (Å²) in [6.07, 6.45) is 2.47. The van der Waals surface area contributed by atoms with Crippen LogP contribution >= 0.6 is 0 Å². The third kappa shape index (κ3) is 5.41. The molecule has 1 rings (SSSR count). The van der Waals surface area contributed by atoms with Crippen LogP contribution in [-0.4, -0.2) is 51.4 Å². The molecule has 106 valence electrons. The van der Waals surface area contributed by atoms with Gasteiger partial charge in [0.15, 0.2) is 0 Å². The van der Waals surface area contributed by atoms with Crippen LogP contribution in [0.3, 0.4) is 0 Å². The number of carbonyl (C=O) groups is 2. The maximum absolute atomic E-state index is 11.8. The van der Waals surface area contributed by atoms with Crippen LogP contribution in [0.5, 0.6) is 0 Å². The Morgan fingerprint density at radius 3 is 2.79 bits per heavy atom. The molecule has 0 spiro atoms. The van der Waals surface area contributed by atoms with Gasteiger partial charge in [-0.05, 0) is 13.0 Å². The summed E-state index contributed by atoms with van der Waals surface area (Å²) >= 11 is 0. The van der Waals surface area contributed by atoms with Crippen LogP contribution in [0.25, 0.3) is 0 Å². The summed E-state index contributed by atoms with van der Waals surface area (Å²) in [5.41, 5.74) is 0.913. The molecule has 2 N–H and O–H groups in total. The second kappa shape index (κ2) is 7.40. The summed E-state index contributed by atoms with van der Waals surface area (Å²) in [5, 5.41) is 15.6. The topological polar surface area (TPSA) is 87.5 Å². The van der Waals surface area contributed by atoms with Gasteiger partial charge in [-0.1, -0.05) is 0 Å². The zero-order chi connectivity index (χ0) is 14.3. The molecule has 0 fully saturated rings. The van der Waals surface area contributed by atoms with Gasteiger partial charge in [-0.3, -0.25) is 9.48 Å². The molecule has 7 heteroatoms. The fraction of sp³-hybridized carbons (Fsp3) is 0.583. The van der Waals surface area contributed by atoms with E-state index in [0.29, 0.717) is 19.5 Å². The predicted molar refractivity (Wildman–Crippen MR) is 69.8 cm³/mol. The molecule has 1 aromatic rings. The van der Waals surface area contributed by atoms with Crippen molar-refractivity contribution in [2.45, 2.75) is 19.8 Å². The summed E-state index contributed by atoms with van der Waals surface area (Å²) in [5.74, 6) is -0.903. The van der Waals surface area contributed by atoms with Crippen molar-refractivity contribution in [3.8, 4) is 0 Å². The Balaban J connectivity index is 2.30. The quantitative estimate of drug-likeness (QED) is 0.752. The summed E-state index contributed by atoms with van der Waals surface area (Å²) in [6, 6.07) is 1.66. The van der Waals surface area contributed by atoms with Gasteiger partial charge in [0, 0.05) is 39.3 Å². The van der Waals surface area contributed by atoms with Crippen LogP contribution in [0.1, 0.15) is 19.0 Å². The molecule has 7 nitrogen and oxygen atoms in total. The maximum atomic E-state index is 11.8. The average molecular weight is 268 g/mol. The van der Waals surface area contributed by atoms with Crippen molar-refractivity contribution in [3.63, 3.8) is 0 Å². The molecule has 0 saturated heterocycles. The van der Waals surface area contributed by atoms with Gasteiger partial charge in [0.2, 0.25) is 0 Å². The zero-order valence-corrected chi connectivity index (χ0v) is 11.3. The second-order valence-corrected chi connectivity index (χ2v) is 4.19. The van der Waals surface area contributed by atoms with E-state index in [4.69, 9.17) is 5.11 Å². The van der Waals surface area contributed by atoms with Gasteiger partial charge in [-0.25, -0.2) is 4.79 Å². The highest BCUT2D eigenvalue weighted by atomic mass is 16.4. The lowest BCUT2D eigenvalue weighted by Crippen LogP contribution is -2.41. The Morgan fingerprint density at radius 1 is 1.53 bits per heavy atom. The molecule has 19 heavy (non-hydrogen) atoms. The Labute approximate surface area is 112 Å². The van der Waals surface area contributed by atoms with Gasteiger partial charge in [-0.15, -0.1) is 0 Å². The molecular formula is C12H20N4O3. The molecule has 0 atom stereocenters. The minimum Gasteiger partial charge on any atom is -0.481 e. The number of rotatable bonds is 7. The first kappa shape index (κ1) is 15.0. The van der Waals surface area contributed by atoms with Crippen LogP contribution in [0.2, 0.25) is 0 Å². The molecule has 0 aromatic carbocycles. The first-order valence-corrected chi connectivity index (χ1v) is 6.26. The van der Waals surface area contributed by atoms with Crippen LogP contribution in [0, 0.1) is 0 Å². The highest BCUT2D eigenvalue weighted by Crippen LogP contribution is 1.96. The van der Waals surface area contributed by atoms with E-state index in [9.17, 15) is 9.59 Å². The number of urea groups is 1. The number of carboxylic acids is 1. The van der Waals surface area contributed by atoms with E-state index in [1.54, 1.807) is 4.68 Å². The number of carbonyl (C=O) groups excluding carboxylic acids is 1. The molecule has 0 aliphatic heterocycles. The van der Waals surface area contributed by atoms with Crippen molar-refractivity contribution < 1.29 is 14.7 Å². The molecule has 0 aliphatic carbocycles. The van der Waals surface area contributed by atoms with Crippen molar-refractivity contribution in [2.75, 3.05) is 19.6 Å². The van der Waals surface area contributed by atoms with E-state index < -0.39 is 5.97 Å². The zero-order valence-electron chi connectivity index (χ0n) is 11.3. The summed E-state index contributed by atoms with van der Waals surface area (Å²) < 4.78 is 1.71. The van der Waals surface area contributed by atoms with Crippen LogP contribution < -0.4 is 5.32 Å². The van der Waals surface area contributed by atoms with Gasteiger partial charge >= 0.3 is 12.0 Å². The van der Waals surface area contributed by atoms with E-state index in [0.717, 1.165) is 5.69 Å². The van der Waals surface area contributed by atoms with E-state index in [1.807, 2.05) is 26.2 Å². The lowest BCUT2D eigenvalue weighted by Gasteiger charge is -2.20. The van der Waals surface area contributed by atoms with Gasteiger partial charge in [0.1, 0.15) is 0 Å². The van der Waals surface area contributed by atoms with Gasteiger partial charge in [-0.2, -0.15) is 5.10 Å². The smallest absolute Gasteiger partial charge is 0.317 e. The first-order valence-electron chi connectivity index (χ1n) is 6.26. The number of hydrogen-bond donors (Lipinski definition) is 2. The number of amides is 2. The summed E-state index contributed by atoms with van der Waals surface area (Å²) in [7, 11) is 1.84. The number of hydrogen-bond acceptors (Lipinski definition) is 3. The molecule has 0 radical (unpaired) electrons. The third-order valence-corrected chi connectivity index (χ3v) is 2.69. The monoisotopic (exact) mass is 268 g/mol. The highest BCUT2D eigenvalue weighted by Gasteiger charge is 2.12. The number of nitrogens with zero attached hydrogens (tertiary/aromatic N) is 3. The molecule has 0 saturated carbocycles. The Kier molecular flexibility index (Phi) is 5.84. The lowest BCUT2D eigenvalue weighted by molar-refractivity contribution is -0.137. The number of carboxylic acid groups (broad SMARTS) is 1. The summed E-state index contributed by atoms with van der Waals surface area (Å²) in [4.78, 5) is 23.7. The van der Waals surface area contributed by atoms with Crippen molar-refractivity contribution in [3.05, 3.63) is 18.0 Å². The minimum atomic E-state index is -0.903. The Bertz CT molecular complexity index is 430. The SMILES string of the molecule is CCN(CCC(=O)O)C(=O)NCCc1ccn(C)n1. The van der Waals surface area contributed by atoms with E-state index in [2.05, 4.69) is 10.4 Å². The number of aromatic nitrogens is 2. The van der Waals surface area contributed by atoms with Gasteiger partial charge in [0.25, 0.3) is 0 Å². The third-order valence-electron chi connectivity index (χ3n) is 2.69. The van der Waals surface area contributed by atoms with Crippen LogP contribution in [-0.2, 0) is 18.3 Å². The van der Waals surface area contributed by atoms with Crippen LogP contribution in [0.15, 0.2) is 12.3 Å². The Morgan fingerprint density at radius 2 is 2.26 bits per heavy atom. The molecular weight excluding hydrogens is 248 g/mol. The van der Waals surface area contributed by atoms with E-state index in [-0.39, 0.29) is 19.0 Å². The number of aryl methyl sites for hydroxylation is 1. The highest BCUT2D eigenvalue weighted by molar-refractivity contribution is 5.75. The fourth-order valence-electron chi connectivity index (χ4n) is 1.64. The van der Waals surface area contributed by atoms with Crippen molar-refractivity contribution >= 4 is 12.0 Å². The van der Waals surface area contributed by atoms with Crippen molar-refractivity contribution in [2.24, 2.45) is 7.05 Å². The molecule has 1 aromatic heterocycles. The molecule has 0 bridgehead atoms. The standard InChI is InChI=1S/C12H20N4O3/c1-3-16(9-6-11(17)18)12(19)13-7-4-10-5-8-15(2)14-10/h5,8H,3-4,6-7,9H2,1-2H3,(H,13,19)(H,17,18).